The highest BCUT2D eigenvalue weighted by Crippen LogP contribution is 2.31. The minimum Gasteiger partial charge on any atom is -0.477 e. The van der Waals surface area contributed by atoms with Gasteiger partial charge in [-0.25, -0.2) is 17.9 Å². The van der Waals surface area contributed by atoms with Crippen molar-refractivity contribution in [3.8, 4) is 0 Å². The zero-order valence-corrected chi connectivity index (χ0v) is 13.3. The minimum absolute atomic E-state index is 0.0775. The molecular weight excluding hydrogens is 312 g/mol. The highest BCUT2D eigenvalue weighted by Gasteiger charge is 2.36. The van der Waals surface area contributed by atoms with Gasteiger partial charge in [-0.05, 0) is 37.8 Å². The summed E-state index contributed by atoms with van der Waals surface area (Å²) in [5.41, 5.74) is 0.485. The molecule has 8 heteroatoms. The van der Waals surface area contributed by atoms with Crippen LogP contribution in [-0.2, 0) is 10.0 Å². The molecule has 2 heterocycles. The first-order valence-corrected chi connectivity index (χ1v) is 9.27. The van der Waals surface area contributed by atoms with E-state index in [1.54, 1.807) is 6.92 Å². The van der Waals surface area contributed by atoms with Gasteiger partial charge in [0.15, 0.2) is 0 Å². The summed E-state index contributed by atoms with van der Waals surface area (Å²) in [5.74, 6) is -1.08. The van der Waals surface area contributed by atoms with Gasteiger partial charge in [0, 0.05) is 25.2 Å². The molecule has 2 fully saturated rings. The predicted molar refractivity (Wildman–Crippen MR) is 79.3 cm³/mol. The highest BCUT2D eigenvalue weighted by atomic mass is 32.2. The summed E-state index contributed by atoms with van der Waals surface area (Å²) < 4.78 is 27.5. The number of sulfonamides is 1. The Morgan fingerprint density at radius 1 is 1.43 bits per heavy atom. The van der Waals surface area contributed by atoms with E-state index >= 15 is 0 Å². The third-order valence-corrected chi connectivity index (χ3v) is 7.18. The van der Waals surface area contributed by atoms with E-state index in [0.717, 1.165) is 30.8 Å². The van der Waals surface area contributed by atoms with Crippen molar-refractivity contribution in [3.63, 3.8) is 0 Å². The van der Waals surface area contributed by atoms with Crippen molar-refractivity contribution in [1.29, 1.82) is 0 Å². The maximum Gasteiger partial charge on any atom is 0.346 e. The number of carbonyl (C=O) groups is 1. The number of rotatable bonds is 5. The average Bonchev–Trinajstić information content (AvgIpc) is 3.01. The van der Waals surface area contributed by atoms with E-state index < -0.39 is 16.0 Å². The van der Waals surface area contributed by atoms with E-state index in [2.05, 4.69) is 9.62 Å². The molecule has 3 rings (SSSR count). The SMILES string of the molecule is Cc1cc(S(=O)(=O)NC2CCN(C3CC3)C2)sc1C(=O)O. The van der Waals surface area contributed by atoms with Gasteiger partial charge in [-0.2, -0.15) is 0 Å². The molecule has 1 unspecified atom stereocenters. The Labute approximate surface area is 127 Å². The maximum absolute atomic E-state index is 12.4. The third-order valence-electron chi connectivity index (χ3n) is 3.96. The fourth-order valence-electron chi connectivity index (χ4n) is 2.73. The van der Waals surface area contributed by atoms with Gasteiger partial charge in [0.25, 0.3) is 0 Å². The molecule has 2 aliphatic rings. The standard InChI is InChI=1S/C13H18N2O4S2/c1-8-6-11(20-12(8)13(16)17)21(18,19)14-9-4-5-15(7-9)10-2-3-10/h6,9-10,14H,2-5,7H2,1H3,(H,16,17). The summed E-state index contributed by atoms with van der Waals surface area (Å²) in [4.78, 5) is 13.4. The fraction of sp³-hybridized carbons (Fsp3) is 0.615. The lowest BCUT2D eigenvalue weighted by Gasteiger charge is -2.15. The molecule has 1 saturated carbocycles. The van der Waals surface area contributed by atoms with Crippen LogP contribution in [0.5, 0.6) is 0 Å². The predicted octanol–water partition coefficient (Wildman–Crippen LogP) is 1.27. The average molecular weight is 330 g/mol. The van der Waals surface area contributed by atoms with Gasteiger partial charge < -0.3 is 5.11 Å². The van der Waals surface area contributed by atoms with E-state index in [9.17, 15) is 13.2 Å². The molecule has 21 heavy (non-hydrogen) atoms. The van der Waals surface area contributed by atoms with Crippen molar-refractivity contribution in [1.82, 2.24) is 9.62 Å². The molecule has 6 nitrogen and oxygen atoms in total. The third kappa shape index (κ3) is 3.13. The van der Waals surface area contributed by atoms with Gasteiger partial charge >= 0.3 is 5.97 Å². The highest BCUT2D eigenvalue weighted by molar-refractivity contribution is 7.91. The topological polar surface area (TPSA) is 86.7 Å². The van der Waals surface area contributed by atoms with E-state index in [1.807, 2.05) is 0 Å². The second kappa shape index (κ2) is 5.35. The first-order chi connectivity index (χ1) is 9.87. The maximum atomic E-state index is 12.4. The summed E-state index contributed by atoms with van der Waals surface area (Å²) in [6.07, 6.45) is 3.24. The van der Waals surface area contributed by atoms with E-state index in [1.165, 1.54) is 18.9 Å². The lowest BCUT2D eigenvalue weighted by molar-refractivity contribution is 0.0701. The Morgan fingerprint density at radius 3 is 2.71 bits per heavy atom. The van der Waals surface area contributed by atoms with Crippen LogP contribution in [0.1, 0.15) is 34.5 Å². The summed E-state index contributed by atoms with van der Waals surface area (Å²) in [7, 11) is -3.63. The van der Waals surface area contributed by atoms with E-state index in [4.69, 9.17) is 5.11 Å². The van der Waals surface area contributed by atoms with Crippen LogP contribution in [0.3, 0.4) is 0 Å². The van der Waals surface area contributed by atoms with Crippen LogP contribution in [-0.4, -0.2) is 49.6 Å². The molecule has 2 N–H and O–H groups in total. The van der Waals surface area contributed by atoms with Gasteiger partial charge in [-0.3, -0.25) is 4.90 Å². The van der Waals surface area contributed by atoms with Crippen LogP contribution in [0, 0.1) is 6.92 Å². The molecule has 116 valence electrons. The molecular formula is C13H18N2O4S2. The second-order valence-electron chi connectivity index (χ2n) is 5.72. The van der Waals surface area contributed by atoms with Gasteiger partial charge in [-0.15, -0.1) is 11.3 Å². The minimum atomic E-state index is -3.63. The summed E-state index contributed by atoms with van der Waals surface area (Å²) in [5, 5.41) is 9.02. The zero-order chi connectivity index (χ0) is 15.2. The number of hydrogen-bond acceptors (Lipinski definition) is 5. The molecule has 1 atom stereocenters. The van der Waals surface area contributed by atoms with Crippen molar-refractivity contribution in [2.24, 2.45) is 0 Å². The summed E-state index contributed by atoms with van der Waals surface area (Å²) >= 11 is 0.814. The van der Waals surface area contributed by atoms with Crippen molar-refractivity contribution in [2.45, 2.75) is 42.5 Å². The van der Waals surface area contributed by atoms with Crippen LogP contribution >= 0.6 is 11.3 Å². The number of carboxylic acid groups (broad SMARTS) is 1. The molecule has 1 saturated heterocycles. The van der Waals surface area contributed by atoms with Crippen LogP contribution < -0.4 is 4.72 Å². The fourth-order valence-corrected chi connectivity index (χ4v) is 5.39. The molecule has 1 aromatic heterocycles. The normalized spacial score (nSPS) is 23.6. The van der Waals surface area contributed by atoms with Crippen molar-refractivity contribution in [2.75, 3.05) is 13.1 Å². The molecule has 1 aliphatic carbocycles. The Hall–Kier alpha value is -0.960. The Morgan fingerprint density at radius 2 is 2.14 bits per heavy atom. The first kappa shape index (κ1) is 15.0. The largest absolute Gasteiger partial charge is 0.477 e. The number of carboxylic acids is 1. The number of thiophene rings is 1. The molecule has 0 amide bonds. The van der Waals surface area contributed by atoms with Crippen LogP contribution in [0.4, 0.5) is 0 Å². The van der Waals surface area contributed by atoms with E-state index in [-0.39, 0.29) is 15.1 Å². The Kier molecular flexibility index (Phi) is 3.81. The number of nitrogens with zero attached hydrogens (tertiary/aromatic N) is 1. The van der Waals surface area contributed by atoms with Gasteiger partial charge in [0.2, 0.25) is 10.0 Å². The number of aryl methyl sites for hydroxylation is 1. The zero-order valence-electron chi connectivity index (χ0n) is 11.7. The van der Waals surface area contributed by atoms with Crippen molar-refractivity contribution >= 4 is 27.3 Å². The molecule has 0 radical (unpaired) electrons. The number of likely N-dealkylation sites (tertiary alicyclic amines) is 1. The van der Waals surface area contributed by atoms with Crippen molar-refractivity contribution in [3.05, 3.63) is 16.5 Å². The Bertz CT molecular complexity index is 664. The van der Waals surface area contributed by atoms with Crippen LogP contribution in [0.2, 0.25) is 0 Å². The number of nitrogens with one attached hydrogen (secondary N) is 1. The Balaban J connectivity index is 1.71. The monoisotopic (exact) mass is 330 g/mol. The van der Waals surface area contributed by atoms with Crippen molar-refractivity contribution < 1.29 is 18.3 Å². The molecule has 1 aromatic rings. The van der Waals surface area contributed by atoms with Gasteiger partial charge in [0.05, 0.1) is 0 Å². The first-order valence-electron chi connectivity index (χ1n) is 6.97. The van der Waals surface area contributed by atoms with Crippen LogP contribution in [0.25, 0.3) is 0 Å². The molecule has 0 spiro atoms. The molecule has 0 aromatic carbocycles. The van der Waals surface area contributed by atoms with E-state index in [0.29, 0.717) is 11.6 Å². The molecule has 0 bridgehead atoms. The lowest BCUT2D eigenvalue weighted by atomic mass is 10.3. The summed E-state index contributed by atoms with van der Waals surface area (Å²) in [6, 6.07) is 2.00. The second-order valence-corrected chi connectivity index (χ2v) is 8.71. The molecule has 1 aliphatic heterocycles. The number of hydrogen-bond donors (Lipinski definition) is 2. The summed E-state index contributed by atoms with van der Waals surface area (Å²) in [6.45, 7) is 3.30. The number of aromatic carboxylic acids is 1. The quantitative estimate of drug-likeness (QED) is 0.849. The van der Waals surface area contributed by atoms with Gasteiger partial charge in [-0.1, -0.05) is 0 Å². The van der Waals surface area contributed by atoms with Crippen LogP contribution in [0.15, 0.2) is 10.3 Å². The smallest absolute Gasteiger partial charge is 0.346 e. The lowest BCUT2D eigenvalue weighted by Crippen LogP contribution is -2.37. The van der Waals surface area contributed by atoms with Gasteiger partial charge in [0.1, 0.15) is 9.09 Å².